The molecule has 1 unspecified atom stereocenters. The van der Waals surface area contributed by atoms with Gasteiger partial charge in [0.2, 0.25) is 0 Å². The zero-order valence-corrected chi connectivity index (χ0v) is 14.5. The topological polar surface area (TPSA) is 29.5 Å². The molecule has 1 aliphatic heterocycles. The Morgan fingerprint density at radius 2 is 1.14 bits per heavy atom. The highest BCUT2D eigenvalue weighted by Gasteiger charge is 2.30. The van der Waals surface area contributed by atoms with Crippen LogP contribution in [0.5, 0.6) is 0 Å². The van der Waals surface area contributed by atoms with Crippen molar-refractivity contribution >= 4 is 31.9 Å². The van der Waals surface area contributed by atoms with E-state index in [9.17, 15) is 5.11 Å². The van der Waals surface area contributed by atoms with Gasteiger partial charge in [-0.05, 0) is 35.4 Å². The van der Waals surface area contributed by atoms with Crippen molar-refractivity contribution in [3.63, 3.8) is 0 Å². The summed E-state index contributed by atoms with van der Waals surface area (Å²) in [5, 5.41) is 10.2. The third-order valence-electron chi connectivity index (χ3n) is 3.78. The Labute approximate surface area is 141 Å². The van der Waals surface area contributed by atoms with Crippen LogP contribution in [0.2, 0.25) is 0 Å². The molecule has 1 N–H and O–H groups in total. The van der Waals surface area contributed by atoms with Crippen molar-refractivity contribution in [3.05, 3.63) is 68.6 Å². The fourth-order valence-corrected chi connectivity index (χ4v) is 3.21. The molecule has 21 heavy (non-hydrogen) atoms. The third kappa shape index (κ3) is 3.75. The van der Waals surface area contributed by atoms with Crippen LogP contribution >= 0.6 is 31.9 Å². The number of rotatable bonds is 2. The second-order valence-corrected chi connectivity index (χ2v) is 7.17. The van der Waals surface area contributed by atoms with Gasteiger partial charge >= 0.3 is 0 Å². The Bertz CT molecular complexity index is 542. The van der Waals surface area contributed by atoms with Gasteiger partial charge in [0.1, 0.15) is 0 Å². The summed E-state index contributed by atoms with van der Waals surface area (Å²) < 4.78 is 8.31. The molecule has 2 aromatic rings. The largest absolute Gasteiger partial charge is 0.393 e. The van der Waals surface area contributed by atoms with Crippen LogP contribution in [0.25, 0.3) is 0 Å². The lowest BCUT2D eigenvalue weighted by Gasteiger charge is -2.33. The first-order valence-corrected chi connectivity index (χ1v) is 8.55. The van der Waals surface area contributed by atoms with Gasteiger partial charge in [0, 0.05) is 21.8 Å². The molecule has 0 amide bonds. The highest BCUT2D eigenvalue weighted by molar-refractivity contribution is 9.10. The number of ether oxygens (including phenoxy) is 1. The summed E-state index contributed by atoms with van der Waals surface area (Å²) in [4.78, 5) is 0. The van der Waals surface area contributed by atoms with Gasteiger partial charge in [-0.25, -0.2) is 0 Å². The fourth-order valence-electron chi connectivity index (χ4n) is 2.68. The smallest absolute Gasteiger partial charge is 0.0858 e. The summed E-state index contributed by atoms with van der Waals surface area (Å²) >= 11 is 6.88. The van der Waals surface area contributed by atoms with Crippen molar-refractivity contribution in [2.24, 2.45) is 0 Å². The molecular weight excluding hydrogens is 396 g/mol. The maximum absolute atomic E-state index is 10.2. The van der Waals surface area contributed by atoms with E-state index in [-0.39, 0.29) is 18.3 Å². The van der Waals surface area contributed by atoms with E-state index >= 15 is 0 Å². The summed E-state index contributed by atoms with van der Waals surface area (Å²) in [5.41, 5.74) is 2.22. The Balaban J connectivity index is 1.81. The molecule has 1 heterocycles. The number of halogens is 2. The minimum Gasteiger partial charge on any atom is -0.393 e. The average Bonchev–Trinajstić information content (AvgIpc) is 2.48. The van der Waals surface area contributed by atoms with Crippen LogP contribution in [0.15, 0.2) is 57.5 Å². The number of benzene rings is 2. The first-order valence-electron chi connectivity index (χ1n) is 6.96. The van der Waals surface area contributed by atoms with E-state index in [1.807, 2.05) is 48.5 Å². The lowest BCUT2D eigenvalue weighted by atomic mass is 9.93. The maximum Gasteiger partial charge on any atom is 0.0858 e. The van der Waals surface area contributed by atoms with Gasteiger partial charge in [-0.1, -0.05) is 56.1 Å². The van der Waals surface area contributed by atoms with Crippen molar-refractivity contribution < 1.29 is 9.84 Å². The number of hydrogen-bond acceptors (Lipinski definition) is 2. The number of hydrogen-bond donors (Lipinski definition) is 1. The van der Waals surface area contributed by atoms with E-state index in [1.165, 1.54) is 0 Å². The van der Waals surface area contributed by atoms with Crippen LogP contribution in [0.1, 0.15) is 36.2 Å². The fraction of sp³-hybridized carbons (Fsp3) is 0.294. The Hall–Kier alpha value is -0.680. The van der Waals surface area contributed by atoms with E-state index in [0.717, 1.165) is 20.1 Å². The first kappa shape index (κ1) is 15.2. The molecule has 0 radical (unpaired) electrons. The zero-order valence-electron chi connectivity index (χ0n) is 11.4. The van der Waals surface area contributed by atoms with E-state index < -0.39 is 0 Å². The van der Waals surface area contributed by atoms with Gasteiger partial charge in [0.05, 0.1) is 18.3 Å². The molecule has 4 heteroatoms. The Kier molecular flexibility index (Phi) is 4.79. The summed E-state index contributed by atoms with van der Waals surface area (Å²) in [6.07, 6.45) is 0.843. The highest BCUT2D eigenvalue weighted by Crippen LogP contribution is 2.39. The zero-order chi connectivity index (χ0) is 14.8. The van der Waals surface area contributed by atoms with Crippen molar-refractivity contribution in [3.8, 4) is 0 Å². The van der Waals surface area contributed by atoms with Gasteiger partial charge < -0.3 is 9.84 Å². The van der Waals surface area contributed by atoms with Crippen molar-refractivity contribution in [2.75, 3.05) is 0 Å². The predicted octanol–water partition coefficient (Wildman–Crippen LogP) is 5.17. The first-order chi connectivity index (χ1) is 10.1. The normalized spacial score (nSPS) is 25.8. The quantitative estimate of drug-likeness (QED) is 0.738. The standard InChI is InChI=1S/C17H16Br2O2/c18-13-5-1-11(2-6-13)16-9-15(20)10-17(21-16)12-3-7-14(19)8-4-12/h1-8,15-17,20H,9-10H2/t15?,16-,17+. The van der Waals surface area contributed by atoms with Gasteiger partial charge in [0.25, 0.3) is 0 Å². The summed E-state index contributed by atoms with van der Waals surface area (Å²) in [7, 11) is 0. The van der Waals surface area contributed by atoms with E-state index in [0.29, 0.717) is 12.8 Å². The molecular formula is C17H16Br2O2. The molecule has 0 aromatic heterocycles. The van der Waals surface area contributed by atoms with Gasteiger partial charge in [-0.3, -0.25) is 0 Å². The molecule has 1 saturated heterocycles. The van der Waals surface area contributed by atoms with Crippen molar-refractivity contribution in [1.29, 1.82) is 0 Å². The highest BCUT2D eigenvalue weighted by atomic mass is 79.9. The van der Waals surface area contributed by atoms with E-state index in [2.05, 4.69) is 31.9 Å². The van der Waals surface area contributed by atoms with Crippen LogP contribution in [-0.2, 0) is 4.74 Å². The molecule has 110 valence electrons. The monoisotopic (exact) mass is 410 g/mol. The molecule has 1 aliphatic rings. The number of aliphatic hydroxyl groups excluding tert-OH is 1. The molecule has 2 aromatic carbocycles. The molecule has 0 aliphatic carbocycles. The van der Waals surface area contributed by atoms with Gasteiger partial charge in [-0.2, -0.15) is 0 Å². The minimum atomic E-state index is -0.332. The molecule has 0 saturated carbocycles. The second kappa shape index (κ2) is 6.61. The van der Waals surface area contributed by atoms with Crippen LogP contribution in [0, 0.1) is 0 Å². The maximum atomic E-state index is 10.2. The Morgan fingerprint density at radius 3 is 1.52 bits per heavy atom. The minimum absolute atomic E-state index is 0.0597. The number of aliphatic hydroxyl groups is 1. The lowest BCUT2D eigenvalue weighted by molar-refractivity contribution is -0.0998. The van der Waals surface area contributed by atoms with Crippen LogP contribution in [0.3, 0.4) is 0 Å². The molecule has 3 atom stereocenters. The van der Waals surface area contributed by atoms with E-state index in [1.54, 1.807) is 0 Å². The molecule has 0 spiro atoms. The molecule has 1 fully saturated rings. The summed E-state index contributed by atoms with van der Waals surface area (Å²) in [5.74, 6) is 0. The third-order valence-corrected chi connectivity index (χ3v) is 4.84. The van der Waals surface area contributed by atoms with Crippen molar-refractivity contribution in [1.82, 2.24) is 0 Å². The SMILES string of the molecule is OC1C[C@@H](c2ccc(Br)cc2)O[C@@H](c2ccc(Br)cc2)C1. The second-order valence-electron chi connectivity index (χ2n) is 5.34. The molecule has 2 nitrogen and oxygen atoms in total. The molecule has 0 bridgehead atoms. The van der Waals surface area contributed by atoms with E-state index in [4.69, 9.17) is 4.74 Å². The van der Waals surface area contributed by atoms with Crippen LogP contribution in [0.4, 0.5) is 0 Å². The Morgan fingerprint density at radius 1 is 0.762 bits per heavy atom. The summed E-state index contributed by atoms with van der Waals surface area (Å²) in [6, 6.07) is 16.2. The summed E-state index contributed by atoms with van der Waals surface area (Å²) in [6.45, 7) is 0. The lowest BCUT2D eigenvalue weighted by Crippen LogP contribution is -2.26. The van der Waals surface area contributed by atoms with Crippen LogP contribution in [-0.4, -0.2) is 11.2 Å². The predicted molar refractivity (Wildman–Crippen MR) is 90.1 cm³/mol. The van der Waals surface area contributed by atoms with Crippen molar-refractivity contribution in [2.45, 2.75) is 31.2 Å². The van der Waals surface area contributed by atoms with Crippen LogP contribution < -0.4 is 0 Å². The average molecular weight is 412 g/mol. The molecule has 3 rings (SSSR count). The van der Waals surface area contributed by atoms with Gasteiger partial charge in [-0.15, -0.1) is 0 Å². The van der Waals surface area contributed by atoms with Gasteiger partial charge in [0.15, 0.2) is 0 Å².